The Kier molecular flexibility index (Phi) is 3.96. The third-order valence-electron chi connectivity index (χ3n) is 2.98. The zero-order valence-corrected chi connectivity index (χ0v) is 10.7. The predicted octanol–water partition coefficient (Wildman–Crippen LogP) is 1.21. The number of phenolic OH excluding ortho intramolecular Hbond substituents is 1. The molecule has 1 rings (SSSR count). The van der Waals surface area contributed by atoms with Crippen molar-refractivity contribution in [2.24, 2.45) is 0 Å². The van der Waals surface area contributed by atoms with Gasteiger partial charge in [0.15, 0.2) is 0 Å². The minimum Gasteiger partial charge on any atom is -0.508 e. The maximum Gasteiger partial charge on any atom is 0.314 e. The molecule has 0 heterocycles. The second-order valence-corrected chi connectivity index (χ2v) is 4.65. The second-order valence-electron chi connectivity index (χ2n) is 4.65. The molecule has 1 aromatic carbocycles. The summed E-state index contributed by atoms with van der Waals surface area (Å²) in [5.41, 5.74) is -0.808. The number of nitrogens with zero attached hydrogens (tertiary/aromatic N) is 1. The molecule has 0 radical (unpaired) electrons. The highest BCUT2D eigenvalue weighted by Gasteiger charge is 2.38. The van der Waals surface area contributed by atoms with Gasteiger partial charge >= 0.3 is 5.97 Å². The lowest BCUT2D eigenvalue weighted by atomic mass is 9.79. The Morgan fingerprint density at radius 2 is 1.72 bits per heavy atom. The van der Waals surface area contributed by atoms with E-state index in [0.29, 0.717) is 5.56 Å². The first kappa shape index (κ1) is 14.0. The molecule has 2 N–H and O–H groups in total. The molecule has 0 aromatic heterocycles. The Morgan fingerprint density at radius 1 is 1.22 bits per heavy atom. The molecule has 1 amide bonds. The van der Waals surface area contributed by atoms with Crippen LogP contribution in [0, 0.1) is 0 Å². The van der Waals surface area contributed by atoms with E-state index in [-0.39, 0.29) is 18.1 Å². The molecule has 0 saturated heterocycles. The van der Waals surface area contributed by atoms with Crippen molar-refractivity contribution in [2.45, 2.75) is 18.8 Å². The van der Waals surface area contributed by atoms with E-state index in [9.17, 15) is 19.8 Å². The average molecular weight is 251 g/mol. The van der Waals surface area contributed by atoms with Crippen LogP contribution in [-0.4, -0.2) is 41.1 Å². The summed E-state index contributed by atoms with van der Waals surface area (Å²) in [5, 5.41) is 18.6. The van der Waals surface area contributed by atoms with Crippen molar-refractivity contribution in [2.75, 3.05) is 14.1 Å². The van der Waals surface area contributed by atoms with Crippen molar-refractivity contribution >= 4 is 11.9 Å². The normalized spacial score (nSPS) is 13.7. The van der Waals surface area contributed by atoms with Gasteiger partial charge in [0.2, 0.25) is 5.91 Å². The van der Waals surface area contributed by atoms with Gasteiger partial charge in [0.05, 0.1) is 5.41 Å². The number of phenols is 1. The van der Waals surface area contributed by atoms with E-state index in [2.05, 4.69) is 0 Å². The van der Waals surface area contributed by atoms with Crippen LogP contribution in [-0.2, 0) is 15.0 Å². The van der Waals surface area contributed by atoms with Gasteiger partial charge in [-0.25, -0.2) is 0 Å². The molecule has 1 atom stereocenters. The van der Waals surface area contributed by atoms with Crippen LogP contribution in [0.1, 0.15) is 18.9 Å². The number of carboxylic acids is 1. The zero-order valence-electron chi connectivity index (χ0n) is 10.7. The number of benzene rings is 1. The summed E-state index contributed by atoms with van der Waals surface area (Å²) in [6.07, 6.45) is -0.125. The number of hydrogen-bond donors (Lipinski definition) is 2. The van der Waals surface area contributed by atoms with Crippen molar-refractivity contribution in [3.8, 4) is 5.75 Å². The Balaban J connectivity index is 3.11. The number of carbonyl (C=O) groups is 2. The molecule has 1 unspecified atom stereocenters. The number of carbonyl (C=O) groups excluding carboxylic acids is 1. The minimum absolute atomic E-state index is 0.0606. The van der Waals surface area contributed by atoms with Gasteiger partial charge in [0, 0.05) is 20.5 Å². The van der Waals surface area contributed by atoms with E-state index in [1.807, 2.05) is 0 Å². The minimum atomic E-state index is -1.30. The molecule has 0 spiro atoms. The number of hydrogen-bond acceptors (Lipinski definition) is 3. The molecule has 18 heavy (non-hydrogen) atoms. The van der Waals surface area contributed by atoms with Gasteiger partial charge < -0.3 is 15.1 Å². The van der Waals surface area contributed by atoms with E-state index in [4.69, 9.17) is 0 Å². The van der Waals surface area contributed by atoms with Gasteiger partial charge in [0.25, 0.3) is 0 Å². The van der Waals surface area contributed by atoms with E-state index >= 15 is 0 Å². The first-order chi connectivity index (χ1) is 8.27. The van der Waals surface area contributed by atoms with Crippen molar-refractivity contribution in [1.82, 2.24) is 4.90 Å². The standard InChI is InChI=1S/C13H17NO4/c1-13(12(17)18,8-11(16)14(2)3)9-4-6-10(15)7-5-9/h4-7,15H,8H2,1-3H3,(H,17,18). The van der Waals surface area contributed by atoms with E-state index in [1.54, 1.807) is 14.1 Å². The number of carboxylic acid groups (broad SMARTS) is 1. The maximum atomic E-state index is 11.7. The molecule has 0 saturated carbocycles. The highest BCUT2D eigenvalue weighted by atomic mass is 16.4. The molecule has 0 aliphatic rings. The third kappa shape index (κ3) is 2.80. The van der Waals surface area contributed by atoms with Gasteiger partial charge in [-0.3, -0.25) is 9.59 Å². The predicted molar refractivity (Wildman–Crippen MR) is 66.4 cm³/mol. The van der Waals surface area contributed by atoms with Crippen molar-refractivity contribution in [3.63, 3.8) is 0 Å². The van der Waals surface area contributed by atoms with Crippen LogP contribution in [0.2, 0.25) is 0 Å². The molecule has 0 bridgehead atoms. The molecular formula is C13H17NO4. The summed E-state index contributed by atoms with van der Waals surface area (Å²) in [6.45, 7) is 1.50. The van der Waals surface area contributed by atoms with Gasteiger partial charge in [-0.05, 0) is 24.6 Å². The lowest BCUT2D eigenvalue weighted by Crippen LogP contribution is -2.38. The fourth-order valence-electron chi connectivity index (χ4n) is 1.59. The number of aliphatic carboxylic acids is 1. The highest BCUT2D eigenvalue weighted by Crippen LogP contribution is 2.29. The van der Waals surface area contributed by atoms with Crippen molar-refractivity contribution in [1.29, 1.82) is 0 Å². The first-order valence-electron chi connectivity index (χ1n) is 5.50. The summed E-state index contributed by atoms with van der Waals surface area (Å²) >= 11 is 0. The molecule has 0 fully saturated rings. The smallest absolute Gasteiger partial charge is 0.314 e. The lowest BCUT2D eigenvalue weighted by Gasteiger charge is -2.26. The number of amides is 1. The van der Waals surface area contributed by atoms with Crippen LogP contribution in [0.4, 0.5) is 0 Å². The topological polar surface area (TPSA) is 77.8 Å². The average Bonchev–Trinajstić information content (AvgIpc) is 2.29. The van der Waals surface area contributed by atoms with Gasteiger partial charge in [0.1, 0.15) is 5.75 Å². The van der Waals surface area contributed by atoms with Crippen LogP contribution in [0.25, 0.3) is 0 Å². The van der Waals surface area contributed by atoms with Crippen LogP contribution in [0.15, 0.2) is 24.3 Å². The van der Waals surface area contributed by atoms with Crippen LogP contribution in [0.3, 0.4) is 0 Å². The van der Waals surface area contributed by atoms with Crippen molar-refractivity contribution in [3.05, 3.63) is 29.8 Å². The van der Waals surface area contributed by atoms with Gasteiger partial charge in [-0.15, -0.1) is 0 Å². The molecule has 98 valence electrons. The third-order valence-corrected chi connectivity index (χ3v) is 2.98. The molecule has 5 nitrogen and oxygen atoms in total. The van der Waals surface area contributed by atoms with E-state index < -0.39 is 11.4 Å². The Labute approximate surface area is 106 Å². The van der Waals surface area contributed by atoms with Gasteiger partial charge in [-0.1, -0.05) is 12.1 Å². The Morgan fingerprint density at radius 3 is 2.11 bits per heavy atom. The SMILES string of the molecule is CN(C)C(=O)CC(C)(C(=O)O)c1ccc(O)cc1. The molecule has 1 aromatic rings. The summed E-state index contributed by atoms with van der Waals surface area (Å²) in [4.78, 5) is 24.5. The largest absolute Gasteiger partial charge is 0.508 e. The second kappa shape index (κ2) is 5.08. The number of rotatable bonds is 4. The fourth-order valence-corrected chi connectivity index (χ4v) is 1.59. The summed E-state index contributed by atoms with van der Waals surface area (Å²) in [6, 6.07) is 5.87. The van der Waals surface area contributed by atoms with Crippen LogP contribution >= 0.6 is 0 Å². The molecule has 5 heteroatoms. The Hall–Kier alpha value is -2.04. The zero-order chi connectivity index (χ0) is 13.9. The highest BCUT2D eigenvalue weighted by molar-refractivity contribution is 5.89. The van der Waals surface area contributed by atoms with Crippen LogP contribution in [0.5, 0.6) is 5.75 Å². The maximum absolute atomic E-state index is 11.7. The summed E-state index contributed by atoms with van der Waals surface area (Å²) in [7, 11) is 3.17. The lowest BCUT2D eigenvalue weighted by molar-refractivity contribution is -0.147. The Bertz CT molecular complexity index is 453. The quantitative estimate of drug-likeness (QED) is 0.843. The van der Waals surface area contributed by atoms with E-state index in [0.717, 1.165) is 0 Å². The monoisotopic (exact) mass is 251 g/mol. The molecule has 0 aliphatic carbocycles. The molecular weight excluding hydrogens is 234 g/mol. The summed E-state index contributed by atoms with van der Waals surface area (Å²) < 4.78 is 0. The van der Waals surface area contributed by atoms with E-state index in [1.165, 1.54) is 36.1 Å². The fraction of sp³-hybridized carbons (Fsp3) is 0.385. The van der Waals surface area contributed by atoms with Crippen molar-refractivity contribution < 1.29 is 19.8 Å². The first-order valence-corrected chi connectivity index (χ1v) is 5.50. The summed E-state index contributed by atoms with van der Waals surface area (Å²) in [5.74, 6) is -1.26. The molecule has 0 aliphatic heterocycles. The number of aromatic hydroxyl groups is 1. The van der Waals surface area contributed by atoms with Gasteiger partial charge in [-0.2, -0.15) is 0 Å². The van der Waals surface area contributed by atoms with Crippen LogP contribution < -0.4 is 0 Å².